The highest BCUT2D eigenvalue weighted by molar-refractivity contribution is 7.99. The Hall–Kier alpha value is -0.910. The Morgan fingerprint density at radius 3 is 2.47 bits per heavy atom. The zero-order valence-corrected chi connectivity index (χ0v) is 11.5. The molecular weight excluding hydrogens is 240 g/mol. The minimum absolute atomic E-state index is 0.186. The number of amides is 2. The lowest BCUT2D eigenvalue weighted by Gasteiger charge is -2.11. The largest absolute Gasteiger partial charge is 0.481 e. The third-order valence-corrected chi connectivity index (χ3v) is 3.44. The fraction of sp³-hybridized carbons (Fsp3) is 0.818. The smallest absolute Gasteiger partial charge is 0.314 e. The van der Waals surface area contributed by atoms with Gasteiger partial charge in [-0.25, -0.2) is 4.79 Å². The van der Waals surface area contributed by atoms with Crippen LogP contribution in [0.5, 0.6) is 0 Å². The quantitative estimate of drug-likeness (QED) is 0.580. The normalized spacial score (nSPS) is 13.8. The molecular formula is C11H22N2O3S. The van der Waals surface area contributed by atoms with Gasteiger partial charge in [0.25, 0.3) is 0 Å². The van der Waals surface area contributed by atoms with Crippen molar-refractivity contribution >= 4 is 23.8 Å². The van der Waals surface area contributed by atoms with Crippen molar-refractivity contribution in [3.05, 3.63) is 0 Å². The molecule has 0 aliphatic rings. The minimum atomic E-state index is -0.789. The first-order valence-corrected chi connectivity index (χ1v) is 7.03. The molecule has 17 heavy (non-hydrogen) atoms. The van der Waals surface area contributed by atoms with E-state index in [4.69, 9.17) is 5.11 Å². The molecule has 2 unspecified atom stereocenters. The van der Waals surface area contributed by atoms with Crippen LogP contribution >= 0.6 is 11.8 Å². The number of hydrogen-bond acceptors (Lipinski definition) is 3. The van der Waals surface area contributed by atoms with Gasteiger partial charge >= 0.3 is 12.0 Å². The van der Waals surface area contributed by atoms with Crippen LogP contribution in [0.2, 0.25) is 0 Å². The van der Waals surface area contributed by atoms with E-state index in [0.29, 0.717) is 31.2 Å². The Morgan fingerprint density at radius 1 is 1.29 bits per heavy atom. The molecule has 0 heterocycles. The van der Waals surface area contributed by atoms with Crippen molar-refractivity contribution < 1.29 is 14.7 Å². The Balaban J connectivity index is 3.48. The van der Waals surface area contributed by atoms with Gasteiger partial charge in [0.1, 0.15) is 0 Å². The molecule has 0 aliphatic heterocycles. The molecule has 0 aromatic heterocycles. The van der Waals surface area contributed by atoms with Crippen molar-refractivity contribution in [2.75, 3.05) is 19.3 Å². The van der Waals surface area contributed by atoms with Crippen LogP contribution in [-0.2, 0) is 4.79 Å². The molecule has 0 aromatic rings. The van der Waals surface area contributed by atoms with Gasteiger partial charge in [-0.3, -0.25) is 4.79 Å². The maximum atomic E-state index is 11.3. The van der Waals surface area contributed by atoms with E-state index < -0.39 is 5.97 Å². The van der Waals surface area contributed by atoms with Gasteiger partial charge in [0, 0.05) is 18.3 Å². The molecule has 0 saturated heterocycles. The highest BCUT2D eigenvalue weighted by atomic mass is 32.2. The lowest BCUT2D eigenvalue weighted by atomic mass is 10.1. The second-order valence-electron chi connectivity index (χ2n) is 4.06. The molecule has 2 amide bonds. The number of thioether (sulfide) groups is 1. The van der Waals surface area contributed by atoms with Gasteiger partial charge in [0.15, 0.2) is 0 Å². The number of nitrogens with one attached hydrogen (secondary N) is 2. The van der Waals surface area contributed by atoms with E-state index in [1.807, 2.05) is 13.2 Å². The molecule has 0 saturated carbocycles. The zero-order valence-electron chi connectivity index (χ0n) is 10.7. The first-order chi connectivity index (χ1) is 7.97. The molecule has 100 valence electrons. The van der Waals surface area contributed by atoms with Crippen molar-refractivity contribution in [1.29, 1.82) is 0 Å². The Morgan fingerprint density at radius 2 is 1.94 bits per heavy atom. The maximum Gasteiger partial charge on any atom is 0.314 e. The highest BCUT2D eigenvalue weighted by Crippen LogP contribution is 2.04. The topological polar surface area (TPSA) is 78.4 Å². The average molecular weight is 262 g/mol. The average Bonchev–Trinajstić information content (AvgIpc) is 2.30. The number of carbonyl (C=O) groups excluding carboxylic acids is 1. The van der Waals surface area contributed by atoms with E-state index in [0.717, 1.165) is 0 Å². The van der Waals surface area contributed by atoms with E-state index >= 15 is 0 Å². The van der Waals surface area contributed by atoms with Crippen LogP contribution in [0.3, 0.4) is 0 Å². The fourth-order valence-corrected chi connectivity index (χ4v) is 1.37. The molecule has 5 nitrogen and oxygen atoms in total. The van der Waals surface area contributed by atoms with Crippen LogP contribution in [-0.4, -0.2) is 41.7 Å². The molecule has 0 aromatic carbocycles. The van der Waals surface area contributed by atoms with Gasteiger partial charge in [0.05, 0.1) is 5.92 Å². The lowest BCUT2D eigenvalue weighted by molar-refractivity contribution is -0.141. The molecule has 0 spiro atoms. The van der Waals surface area contributed by atoms with Gasteiger partial charge < -0.3 is 15.7 Å². The minimum Gasteiger partial charge on any atom is -0.481 e. The van der Waals surface area contributed by atoms with Crippen LogP contribution in [0, 0.1) is 5.92 Å². The van der Waals surface area contributed by atoms with E-state index in [1.165, 1.54) is 0 Å². The summed E-state index contributed by atoms with van der Waals surface area (Å²) in [7, 11) is 0. The SMILES string of the molecule is CSC(C)CNC(=O)NCCCC(C)C(=O)O. The monoisotopic (exact) mass is 262 g/mol. The second kappa shape index (κ2) is 9.15. The summed E-state index contributed by atoms with van der Waals surface area (Å²) >= 11 is 1.69. The fourth-order valence-electron chi connectivity index (χ4n) is 1.12. The summed E-state index contributed by atoms with van der Waals surface area (Å²) in [6.45, 7) is 4.86. The predicted molar refractivity (Wildman–Crippen MR) is 70.4 cm³/mol. The molecule has 0 rings (SSSR count). The lowest BCUT2D eigenvalue weighted by Crippen LogP contribution is -2.38. The van der Waals surface area contributed by atoms with E-state index in [2.05, 4.69) is 10.6 Å². The van der Waals surface area contributed by atoms with Gasteiger partial charge in [-0.1, -0.05) is 13.8 Å². The van der Waals surface area contributed by atoms with Crippen LogP contribution in [0.1, 0.15) is 26.7 Å². The van der Waals surface area contributed by atoms with Crippen molar-refractivity contribution in [3.8, 4) is 0 Å². The van der Waals surface area contributed by atoms with Gasteiger partial charge in [-0.15, -0.1) is 0 Å². The summed E-state index contributed by atoms with van der Waals surface area (Å²) in [5.74, 6) is -1.14. The number of carboxylic acid groups (broad SMARTS) is 1. The number of aliphatic carboxylic acids is 1. The molecule has 2 atom stereocenters. The highest BCUT2D eigenvalue weighted by Gasteiger charge is 2.10. The third-order valence-electron chi connectivity index (χ3n) is 2.47. The summed E-state index contributed by atoms with van der Waals surface area (Å²) in [6.07, 6.45) is 3.26. The van der Waals surface area contributed by atoms with E-state index in [-0.39, 0.29) is 11.9 Å². The van der Waals surface area contributed by atoms with Crippen molar-refractivity contribution in [1.82, 2.24) is 10.6 Å². The molecule has 0 bridgehead atoms. The van der Waals surface area contributed by atoms with Crippen LogP contribution in [0.4, 0.5) is 4.79 Å². The van der Waals surface area contributed by atoms with Crippen LogP contribution in [0.25, 0.3) is 0 Å². The standard InChI is InChI=1S/C11H22N2O3S/c1-8(10(14)15)5-4-6-12-11(16)13-7-9(2)17-3/h8-9H,4-7H2,1-3H3,(H,14,15)(H2,12,13,16). The van der Waals surface area contributed by atoms with Crippen molar-refractivity contribution in [2.45, 2.75) is 31.9 Å². The Labute approximate surface area is 107 Å². The molecule has 3 N–H and O–H groups in total. The summed E-state index contributed by atoms with van der Waals surface area (Å²) in [5, 5.41) is 14.5. The van der Waals surface area contributed by atoms with Gasteiger partial charge in [0.2, 0.25) is 0 Å². The third kappa shape index (κ3) is 8.85. The molecule has 0 aliphatic carbocycles. The summed E-state index contributed by atoms with van der Waals surface area (Å²) in [6, 6.07) is -0.186. The van der Waals surface area contributed by atoms with E-state index in [9.17, 15) is 9.59 Å². The number of urea groups is 1. The molecule has 0 fully saturated rings. The van der Waals surface area contributed by atoms with E-state index in [1.54, 1.807) is 18.7 Å². The first kappa shape index (κ1) is 16.1. The number of carbonyl (C=O) groups is 2. The van der Waals surface area contributed by atoms with Crippen molar-refractivity contribution in [2.24, 2.45) is 5.92 Å². The van der Waals surface area contributed by atoms with Crippen LogP contribution < -0.4 is 10.6 Å². The maximum absolute atomic E-state index is 11.3. The molecule has 6 heteroatoms. The van der Waals surface area contributed by atoms with Crippen molar-refractivity contribution in [3.63, 3.8) is 0 Å². The van der Waals surface area contributed by atoms with Gasteiger partial charge in [-0.2, -0.15) is 11.8 Å². The Kier molecular flexibility index (Phi) is 8.66. The molecule has 0 radical (unpaired) electrons. The van der Waals surface area contributed by atoms with Crippen LogP contribution in [0.15, 0.2) is 0 Å². The first-order valence-electron chi connectivity index (χ1n) is 5.74. The predicted octanol–water partition coefficient (Wildman–Crippen LogP) is 1.54. The zero-order chi connectivity index (χ0) is 13.3. The summed E-state index contributed by atoms with van der Waals surface area (Å²) in [4.78, 5) is 21.8. The number of rotatable bonds is 8. The second-order valence-corrected chi connectivity index (χ2v) is 5.34. The number of hydrogen-bond donors (Lipinski definition) is 3. The number of carboxylic acids is 1. The Bertz CT molecular complexity index is 249. The van der Waals surface area contributed by atoms with Gasteiger partial charge in [-0.05, 0) is 19.1 Å². The summed E-state index contributed by atoms with van der Waals surface area (Å²) < 4.78 is 0. The summed E-state index contributed by atoms with van der Waals surface area (Å²) in [5.41, 5.74) is 0.